The summed E-state index contributed by atoms with van der Waals surface area (Å²) in [4.78, 5) is 16.4. The van der Waals surface area contributed by atoms with Crippen molar-refractivity contribution in [3.63, 3.8) is 0 Å². The van der Waals surface area contributed by atoms with E-state index in [0.29, 0.717) is 6.42 Å². The lowest BCUT2D eigenvalue weighted by molar-refractivity contribution is -0.150. The zero-order valence-electron chi connectivity index (χ0n) is 13.5. The van der Waals surface area contributed by atoms with Gasteiger partial charge in [-0.15, -0.1) is 0 Å². The molecule has 0 saturated heterocycles. The van der Waals surface area contributed by atoms with E-state index in [9.17, 15) is 9.90 Å². The van der Waals surface area contributed by atoms with E-state index >= 15 is 0 Å². The van der Waals surface area contributed by atoms with Gasteiger partial charge >= 0.3 is 5.97 Å². The Bertz CT molecular complexity index is 673. The van der Waals surface area contributed by atoms with Gasteiger partial charge in [0.15, 0.2) is 0 Å². The Morgan fingerprint density at radius 3 is 2.62 bits per heavy atom. The number of aryl methyl sites for hydroxylation is 2. The second kappa shape index (κ2) is 5.51. The van der Waals surface area contributed by atoms with Crippen LogP contribution in [-0.4, -0.2) is 20.6 Å². The molecule has 2 aromatic rings. The van der Waals surface area contributed by atoms with Crippen LogP contribution in [-0.2, 0) is 17.8 Å². The van der Waals surface area contributed by atoms with Crippen molar-refractivity contribution in [2.75, 3.05) is 0 Å². The molecule has 0 radical (unpaired) electrons. The minimum absolute atomic E-state index is 0.0434. The topological polar surface area (TPSA) is 55.1 Å². The Labute approximate surface area is 125 Å². The number of hydrogen-bond donors (Lipinski definition) is 1. The normalized spacial score (nSPS) is 14.6. The van der Waals surface area contributed by atoms with E-state index in [1.54, 1.807) is 0 Å². The molecular weight excluding hydrogens is 264 g/mol. The lowest BCUT2D eigenvalue weighted by Crippen LogP contribution is -2.36. The molecule has 0 saturated carbocycles. The monoisotopic (exact) mass is 288 g/mol. The highest BCUT2D eigenvalue weighted by molar-refractivity contribution is 5.78. The van der Waals surface area contributed by atoms with Gasteiger partial charge in [-0.05, 0) is 44.4 Å². The molecule has 0 aliphatic carbocycles. The average Bonchev–Trinajstić information content (AvgIpc) is 2.73. The first-order chi connectivity index (χ1) is 9.79. The van der Waals surface area contributed by atoms with Crippen LogP contribution in [0, 0.1) is 18.3 Å². The molecular formula is C17H24N2O2. The molecule has 4 heteroatoms. The summed E-state index contributed by atoms with van der Waals surface area (Å²) in [5.41, 5.74) is 2.39. The van der Waals surface area contributed by atoms with Crippen molar-refractivity contribution in [2.24, 2.45) is 11.3 Å². The van der Waals surface area contributed by atoms with E-state index in [1.807, 2.05) is 27.7 Å². The minimum atomic E-state index is -0.802. The van der Waals surface area contributed by atoms with Crippen LogP contribution in [0.25, 0.3) is 11.0 Å². The maximum absolute atomic E-state index is 11.7. The predicted molar refractivity (Wildman–Crippen MR) is 84.4 cm³/mol. The minimum Gasteiger partial charge on any atom is -0.481 e. The van der Waals surface area contributed by atoms with Gasteiger partial charge in [-0.2, -0.15) is 0 Å². The Morgan fingerprint density at radius 1 is 1.43 bits per heavy atom. The smallest absolute Gasteiger partial charge is 0.310 e. The van der Waals surface area contributed by atoms with Gasteiger partial charge in [0.05, 0.1) is 16.4 Å². The van der Waals surface area contributed by atoms with Crippen LogP contribution in [0.3, 0.4) is 0 Å². The number of aliphatic carboxylic acids is 1. The molecule has 1 N–H and O–H groups in total. The Hall–Kier alpha value is -1.84. The first kappa shape index (κ1) is 15.5. The summed E-state index contributed by atoms with van der Waals surface area (Å²) in [6.07, 6.45) is 0.446. The van der Waals surface area contributed by atoms with E-state index in [4.69, 9.17) is 4.98 Å². The van der Waals surface area contributed by atoms with Crippen molar-refractivity contribution >= 4 is 17.0 Å². The number of benzene rings is 1. The van der Waals surface area contributed by atoms with Gasteiger partial charge in [-0.25, -0.2) is 4.98 Å². The molecule has 1 aromatic heterocycles. The number of nitrogens with zero attached hydrogens (tertiary/aromatic N) is 2. The fourth-order valence-electron chi connectivity index (χ4n) is 2.63. The van der Waals surface area contributed by atoms with Gasteiger partial charge < -0.3 is 9.67 Å². The van der Waals surface area contributed by atoms with Gasteiger partial charge in [-0.3, -0.25) is 4.79 Å². The van der Waals surface area contributed by atoms with Crippen LogP contribution in [0.1, 0.15) is 39.1 Å². The second-order valence-electron chi connectivity index (χ2n) is 6.32. The maximum atomic E-state index is 11.7. The number of carboxylic acid groups (broad SMARTS) is 1. The van der Waals surface area contributed by atoms with Crippen molar-refractivity contribution in [2.45, 2.75) is 47.6 Å². The van der Waals surface area contributed by atoms with Crippen molar-refractivity contribution in [3.8, 4) is 0 Å². The fourth-order valence-corrected chi connectivity index (χ4v) is 2.63. The highest BCUT2D eigenvalue weighted by Gasteiger charge is 2.38. The standard InChI is InChI=1S/C17H24N2O2/c1-6-19-14-8-7-12(4)9-13(14)18-15(19)10-17(5,11(2)3)16(20)21/h7-9,11H,6,10H2,1-5H3,(H,20,21). The molecule has 0 fully saturated rings. The van der Waals surface area contributed by atoms with Crippen LogP contribution < -0.4 is 0 Å². The van der Waals surface area contributed by atoms with Gasteiger partial charge in [-0.1, -0.05) is 19.9 Å². The summed E-state index contributed by atoms with van der Waals surface area (Å²) < 4.78 is 2.12. The number of fused-ring (bicyclic) bond motifs is 1. The molecule has 0 spiro atoms. The summed E-state index contributed by atoms with van der Waals surface area (Å²) in [5, 5.41) is 9.61. The van der Waals surface area contributed by atoms with Gasteiger partial charge in [0.25, 0.3) is 0 Å². The molecule has 1 aromatic carbocycles. The Morgan fingerprint density at radius 2 is 2.10 bits per heavy atom. The number of carbonyl (C=O) groups is 1. The summed E-state index contributed by atoms with van der Waals surface area (Å²) >= 11 is 0. The Kier molecular flexibility index (Phi) is 4.08. The number of aromatic nitrogens is 2. The van der Waals surface area contributed by atoms with Gasteiger partial charge in [0, 0.05) is 13.0 Å². The lowest BCUT2D eigenvalue weighted by Gasteiger charge is -2.28. The summed E-state index contributed by atoms with van der Waals surface area (Å²) in [6, 6.07) is 6.19. The summed E-state index contributed by atoms with van der Waals surface area (Å²) in [6.45, 7) is 10.6. The van der Waals surface area contributed by atoms with Crippen LogP contribution in [0.2, 0.25) is 0 Å². The molecule has 21 heavy (non-hydrogen) atoms. The SMILES string of the molecule is CCn1c(CC(C)(C(=O)O)C(C)C)nc2cc(C)ccc21. The molecule has 2 rings (SSSR count). The molecule has 1 heterocycles. The summed E-state index contributed by atoms with van der Waals surface area (Å²) in [7, 11) is 0. The highest BCUT2D eigenvalue weighted by atomic mass is 16.4. The number of carboxylic acids is 1. The van der Waals surface area contributed by atoms with Crippen molar-refractivity contribution < 1.29 is 9.90 Å². The van der Waals surface area contributed by atoms with Gasteiger partial charge in [0.1, 0.15) is 5.82 Å². The average molecular weight is 288 g/mol. The molecule has 1 unspecified atom stereocenters. The van der Waals surface area contributed by atoms with Crippen LogP contribution in [0.15, 0.2) is 18.2 Å². The summed E-state index contributed by atoms with van der Waals surface area (Å²) in [5.74, 6) is 0.141. The Balaban J connectivity index is 2.53. The van der Waals surface area contributed by atoms with E-state index in [2.05, 4.69) is 29.7 Å². The molecule has 0 amide bonds. The third-order valence-electron chi connectivity index (χ3n) is 4.59. The first-order valence-electron chi connectivity index (χ1n) is 7.48. The number of hydrogen-bond acceptors (Lipinski definition) is 2. The van der Waals surface area contributed by atoms with Crippen molar-refractivity contribution in [3.05, 3.63) is 29.6 Å². The van der Waals surface area contributed by atoms with E-state index in [1.165, 1.54) is 5.56 Å². The van der Waals surface area contributed by atoms with E-state index < -0.39 is 11.4 Å². The quantitative estimate of drug-likeness (QED) is 0.913. The molecule has 4 nitrogen and oxygen atoms in total. The van der Waals surface area contributed by atoms with E-state index in [-0.39, 0.29) is 5.92 Å². The van der Waals surface area contributed by atoms with Crippen LogP contribution in [0.4, 0.5) is 0 Å². The molecule has 1 atom stereocenters. The first-order valence-corrected chi connectivity index (χ1v) is 7.48. The zero-order valence-corrected chi connectivity index (χ0v) is 13.5. The van der Waals surface area contributed by atoms with Gasteiger partial charge in [0.2, 0.25) is 0 Å². The molecule has 114 valence electrons. The van der Waals surface area contributed by atoms with E-state index in [0.717, 1.165) is 23.4 Å². The highest BCUT2D eigenvalue weighted by Crippen LogP contribution is 2.32. The lowest BCUT2D eigenvalue weighted by atomic mass is 9.76. The van der Waals surface area contributed by atoms with Crippen molar-refractivity contribution in [1.82, 2.24) is 9.55 Å². The third kappa shape index (κ3) is 2.67. The zero-order chi connectivity index (χ0) is 15.8. The largest absolute Gasteiger partial charge is 0.481 e. The molecule has 0 aliphatic rings. The maximum Gasteiger partial charge on any atom is 0.310 e. The van der Waals surface area contributed by atoms with Crippen LogP contribution in [0.5, 0.6) is 0 Å². The molecule has 0 bridgehead atoms. The number of rotatable bonds is 5. The second-order valence-corrected chi connectivity index (χ2v) is 6.32. The fraction of sp³-hybridized carbons (Fsp3) is 0.529. The predicted octanol–water partition coefficient (Wildman–Crippen LogP) is 3.65. The number of imidazole rings is 1. The van der Waals surface area contributed by atoms with Crippen molar-refractivity contribution in [1.29, 1.82) is 0 Å². The molecule has 0 aliphatic heterocycles. The van der Waals surface area contributed by atoms with Crippen LogP contribution >= 0.6 is 0 Å². The third-order valence-corrected chi connectivity index (χ3v) is 4.59.